The zero-order chi connectivity index (χ0) is 13.3. The molecule has 2 amide bonds. The van der Waals surface area contributed by atoms with Gasteiger partial charge in [-0.15, -0.1) is 0 Å². The van der Waals surface area contributed by atoms with E-state index in [9.17, 15) is 4.79 Å². The first kappa shape index (κ1) is 16.0. The van der Waals surface area contributed by atoms with Crippen LogP contribution in [-0.4, -0.2) is 25.3 Å². The molecule has 0 rings (SSSR count). The molecule has 17 heavy (non-hydrogen) atoms. The summed E-state index contributed by atoms with van der Waals surface area (Å²) in [7, 11) is 0. The van der Waals surface area contributed by atoms with Gasteiger partial charge in [0.05, 0.1) is 6.10 Å². The zero-order valence-electron chi connectivity index (χ0n) is 11.7. The highest BCUT2D eigenvalue weighted by molar-refractivity contribution is 5.74. The summed E-state index contributed by atoms with van der Waals surface area (Å²) in [6, 6.07) is -0.158. The van der Waals surface area contributed by atoms with Crippen molar-refractivity contribution in [3.05, 3.63) is 11.8 Å². The SMILES string of the molecule is C/C(=C\NC(=O)NCCCOC(C)C)C(C)C. The second-order valence-corrected chi connectivity index (χ2v) is 4.72. The molecule has 0 aromatic rings. The Kier molecular flexibility index (Phi) is 8.50. The van der Waals surface area contributed by atoms with Gasteiger partial charge in [0.25, 0.3) is 0 Å². The van der Waals surface area contributed by atoms with Gasteiger partial charge in [0, 0.05) is 19.4 Å². The minimum Gasteiger partial charge on any atom is -0.379 e. The molecule has 2 N–H and O–H groups in total. The Labute approximate surface area is 105 Å². The average Bonchev–Trinajstić information content (AvgIpc) is 2.24. The molecule has 0 saturated heterocycles. The van der Waals surface area contributed by atoms with Crippen molar-refractivity contribution < 1.29 is 9.53 Å². The van der Waals surface area contributed by atoms with Gasteiger partial charge in [0.2, 0.25) is 0 Å². The Morgan fingerprint density at radius 3 is 2.47 bits per heavy atom. The summed E-state index contributed by atoms with van der Waals surface area (Å²) >= 11 is 0. The van der Waals surface area contributed by atoms with E-state index in [0.717, 1.165) is 12.0 Å². The highest BCUT2D eigenvalue weighted by Crippen LogP contribution is 2.05. The molecule has 0 atom stereocenters. The quantitative estimate of drug-likeness (QED) is 0.674. The van der Waals surface area contributed by atoms with Gasteiger partial charge in [-0.25, -0.2) is 4.79 Å². The third kappa shape index (κ3) is 9.87. The molecule has 0 aliphatic heterocycles. The number of hydrogen-bond donors (Lipinski definition) is 2. The van der Waals surface area contributed by atoms with E-state index in [1.54, 1.807) is 6.20 Å². The number of ether oxygens (including phenoxy) is 1. The third-order valence-corrected chi connectivity index (χ3v) is 2.40. The summed E-state index contributed by atoms with van der Waals surface area (Å²) in [6.45, 7) is 11.5. The molecule has 0 bridgehead atoms. The summed E-state index contributed by atoms with van der Waals surface area (Å²) in [4.78, 5) is 11.4. The van der Waals surface area contributed by atoms with E-state index in [1.807, 2.05) is 20.8 Å². The van der Waals surface area contributed by atoms with Crippen LogP contribution in [0.5, 0.6) is 0 Å². The van der Waals surface area contributed by atoms with Crippen molar-refractivity contribution >= 4 is 6.03 Å². The molecule has 0 saturated carbocycles. The van der Waals surface area contributed by atoms with Crippen LogP contribution in [0.2, 0.25) is 0 Å². The van der Waals surface area contributed by atoms with Gasteiger partial charge in [0.15, 0.2) is 0 Å². The molecule has 0 aliphatic carbocycles. The van der Waals surface area contributed by atoms with Crippen LogP contribution in [0.3, 0.4) is 0 Å². The van der Waals surface area contributed by atoms with Crippen LogP contribution in [0.15, 0.2) is 11.8 Å². The summed E-state index contributed by atoms with van der Waals surface area (Å²) in [5.41, 5.74) is 1.16. The number of hydrogen-bond acceptors (Lipinski definition) is 2. The predicted molar refractivity (Wildman–Crippen MR) is 70.8 cm³/mol. The normalized spacial score (nSPS) is 12.1. The van der Waals surface area contributed by atoms with E-state index in [-0.39, 0.29) is 12.1 Å². The standard InChI is InChI=1S/C13H26N2O2/c1-10(2)12(5)9-15-13(16)14-7-6-8-17-11(3)4/h9-11H,6-8H2,1-5H3,(H2,14,15,16)/b12-9+. The van der Waals surface area contributed by atoms with Gasteiger partial charge in [0.1, 0.15) is 0 Å². The van der Waals surface area contributed by atoms with Crippen LogP contribution in [0.1, 0.15) is 41.0 Å². The highest BCUT2D eigenvalue weighted by Gasteiger charge is 1.99. The monoisotopic (exact) mass is 242 g/mol. The molecule has 0 heterocycles. The lowest BCUT2D eigenvalue weighted by atomic mass is 10.1. The number of nitrogens with one attached hydrogen (secondary N) is 2. The summed E-state index contributed by atoms with van der Waals surface area (Å²) in [5.74, 6) is 0.453. The van der Waals surface area contributed by atoms with E-state index in [4.69, 9.17) is 4.74 Å². The first-order chi connectivity index (χ1) is 7.93. The maximum atomic E-state index is 11.4. The van der Waals surface area contributed by atoms with Crippen molar-refractivity contribution in [2.45, 2.75) is 47.1 Å². The molecular weight excluding hydrogens is 216 g/mol. The molecule has 100 valence electrons. The van der Waals surface area contributed by atoms with Crippen LogP contribution in [0.25, 0.3) is 0 Å². The van der Waals surface area contributed by atoms with Gasteiger partial charge in [-0.1, -0.05) is 19.4 Å². The van der Waals surface area contributed by atoms with Crippen molar-refractivity contribution in [2.24, 2.45) is 5.92 Å². The number of urea groups is 1. The largest absolute Gasteiger partial charge is 0.379 e. The van der Waals surface area contributed by atoms with E-state index >= 15 is 0 Å². The minimum absolute atomic E-state index is 0.158. The highest BCUT2D eigenvalue weighted by atomic mass is 16.5. The second-order valence-electron chi connectivity index (χ2n) is 4.72. The summed E-state index contributed by atoms with van der Waals surface area (Å²) < 4.78 is 5.37. The fourth-order valence-corrected chi connectivity index (χ4v) is 0.990. The Morgan fingerprint density at radius 2 is 1.94 bits per heavy atom. The van der Waals surface area contributed by atoms with Crippen molar-refractivity contribution in [3.63, 3.8) is 0 Å². The van der Waals surface area contributed by atoms with Gasteiger partial charge >= 0.3 is 6.03 Å². The van der Waals surface area contributed by atoms with Gasteiger partial charge < -0.3 is 15.4 Å². The lowest BCUT2D eigenvalue weighted by Gasteiger charge is -2.09. The zero-order valence-corrected chi connectivity index (χ0v) is 11.7. The topological polar surface area (TPSA) is 50.4 Å². The van der Waals surface area contributed by atoms with Crippen LogP contribution in [0.4, 0.5) is 4.79 Å². The van der Waals surface area contributed by atoms with Crippen LogP contribution in [-0.2, 0) is 4.74 Å². The van der Waals surface area contributed by atoms with Crippen molar-refractivity contribution in [1.29, 1.82) is 0 Å². The summed E-state index contributed by atoms with van der Waals surface area (Å²) in [5, 5.41) is 5.49. The smallest absolute Gasteiger partial charge is 0.318 e. The maximum Gasteiger partial charge on any atom is 0.318 e. The van der Waals surface area contributed by atoms with E-state index in [1.165, 1.54) is 0 Å². The molecule has 0 spiro atoms. The Balaban J connectivity index is 3.57. The second kappa shape index (κ2) is 9.05. The first-order valence-electron chi connectivity index (χ1n) is 6.26. The molecule has 0 radical (unpaired) electrons. The lowest BCUT2D eigenvalue weighted by molar-refractivity contribution is 0.0774. The summed E-state index contributed by atoms with van der Waals surface area (Å²) in [6.07, 6.45) is 2.84. The molecule has 0 aromatic heterocycles. The number of carbonyl (C=O) groups is 1. The fourth-order valence-electron chi connectivity index (χ4n) is 0.990. The lowest BCUT2D eigenvalue weighted by Crippen LogP contribution is -2.33. The van der Waals surface area contributed by atoms with Gasteiger partial charge in [-0.3, -0.25) is 0 Å². The third-order valence-electron chi connectivity index (χ3n) is 2.40. The first-order valence-corrected chi connectivity index (χ1v) is 6.26. The fraction of sp³-hybridized carbons (Fsp3) is 0.769. The number of allylic oxidation sites excluding steroid dienone is 1. The Bertz CT molecular complexity index is 248. The Hall–Kier alpha value is -1.03. The van der Waals surface area contributed by atoms with Crippen molar-refractivity contribution in [1.82, 2.24) is 10.6 Å². The number of amides is 2. The van der Waals surface area contributed by atoms with Crippen LogP contribution >= 0.6 is 0 Å². The van der Waals surface area contributed by atoms with E-state index in [0.29, 0.717) is 19.1 Å². The number of carbonyl (C=O) groups excluding carboxylic acids is 1. The molecule has 4 heteroatoms. The molecule has 0 aromatic carbocycles. The molecule has 0 fully saturated rings. The average molecular weight is 242 g/mol. The molecular formula is C13H26N2O2. The molecule has 0 unspecified atom stereocenters. The van der Waals surface area contributed by atoms with Gasteiger partial charge in [-0.2, -0.15) is 0 Å². The van der Waals surface area contributed by atoms with Gasteiger partial charge in [-0.05, 0) is 33.1 Å². The van der Waals surface area contributed by atoms with Crippen molar-refractivity contribution in [2.75, 3.05) is 13.2 Å². The van der Waals surface area contributed by atoms with Crippen LogP contribution in [0, 0.1) is 5.92 Å². The van der Waals surface area contributed by atoms with Crippen molar-refractivity contribution in [3.8, 4) is 0 Å². The minimum atomic E-state index is -0.158. The molecule has 0 aliphatic rings. The number of rotatable bonds is 7. The van der Waals surface area contributed by atoms with E-state index < -0.39 is 0 Å². The predicted octanol–water partition coefficient (Wildman–Crippen LogP) is 2.66. The van der Waals surface area contributed by atoms with Crippen LogP contribution < -0.4 is 10.6 Å². The Morgan fingerprint density at radius 1 is 1.29 bits per heavy atom. The van der Waals surface area contributed by atoms with E-state index in [2.05, 4.69) is 24.5 Å². The molecule has 4 nitrogen and oxygen atoms in total. The maximum absolute atomic E-state index is 11.4.